The third kappa shape index (κ3) is 2.56. The largest absolute Gasteiger partial charge is 0.307 e. The minimum Gasteiger partial charge on any atom is -0.297 e. The van der Waals surface area contributed by atoms with Crippen LogP contribution in [0.4, 0.5) is 0 Å². The molecule has 0 radical (unpaired) electrons. The summed E-state index contributed by atoms with van der Waals surface area (Å²) in [5.74, 6) is 0. The standard InChI is InChI=1S/C13H18BrN3OS/c1-5-10-12(14)11(17(6-2)15-10)7-16-8(3)9(4)19-13(16)18/h5-7H2,1-4H3. The topological polar surface area (TPSA) is 39.8 Å². The highest BCUT2D eigenvalue weighted by molar-refractivity contribution is 9.10. The zero-order chi connectivity index (χ0) is 14.2. The molecule has 104 valence electrons. The van der Waals surface area contributed by atoms with Crippen LogP contribution in [0.1, 0.15) is 35.8 Å². The zero-order valence-electron chi connectivity index (χ0n) is 11.7. The average Bonchev–Trinajstić information content (AvgIpc) is 2.82. The van der Waals surface area contributed by atoms with Crippen LogP contribution in [0.5, 0.6) is 0 Å². The fourth-order valence-electron chi connectivity index (χ4n) is 2.09. The van der Waals surface area contributed by atoms with Crippen molar-refractivity contribution in [2.24, 2.45) is 0 Å². The highest BCUT2D eigenvalue weighted by Gasteiger charge is 2.16. The third-order valence-corrected chi connectivity index (χ3v) is 5.29. The quantitative estimate of drug-likeness (QED) is 0.855. The lowest BCUT2D eigenvalue weighted by Crippen LogP contribution is -2.18. The average molecular weight is 344 g/mol. The minimum absolute atomic E-state index is 0.101. The Morgan fingerprint density at radius 1 is 1.32 bits per heavy atom. The Kier molecular flexibility index (Phi) is 4.30. The second-order valence-electron chi connectivity index (χ2n) is 4.47. The zero-order valence-corrected chi connectivity index (χ0v) is 14.1. The Morgan fingerprint density at radius 3 is 2.47 bits per heavy atom. The molecule has 0 aromatic carbocycles. The van der Waals surface area contributed by atoms with Crippen LogP contribution in [0, 0.1) is 13.8 Å². The van der Waals surface area contributed by atoms with Crippen molar-refractivity contribution in [1.82, 2.24) is 14.3 Å². The molecule has 0 N–H and O–H groups in total. The number of nitrogens with zero attached hydrogens (tertiary/aromatic N) is 3. The Bertz CT molecular complexity index is 654. The lowest BCUT2D eigenvalue weighted by Gasteiger charge is -2.08. The van der Waals surface area contributed by atoms with E-state index < -0.39 is 0 Å². The Balaban J connectivity index is 2.48. The van der Waals surface area contributed by atoms with Crippen LogP contribution in [0.3, 0.4) is 0 Å². The number of rotatable bonds is 4. The molecule has 0 aliphatic heterocycles. The van der Waals surface area contributed by atoms with Gasteiger partial charge in [0.2, 0.25) is 0 Å². The van der Waals surface area contributed by atoms with Crippen molar-refractivity contribution in [2.75, 3.05) is 0 Å². The maximum absolute atomic E-state index is 12.0. The van der Waals surface area contributed by atoms with Crippen LogP contribution in [-0.4, -0.2) is 14.3 Å². The summed E-state index contributed by atoms with van der Waals surface area (Å²) in [6, 6.07) is 0. The van der Waals surface area contributed by atoms with Crippen molar-refractivity contribution in [3.63, 3.8) is 0 Å². The number of aromatic nitrogens is 3. The molecule has 0 fully saturated rings. The van der Waals surface area contributed by atoms with E-state index in [1.165, 1.54) is 11.3 Å². The van der Waals surface area contributed by atoms with E-state index in [-0.39, 0.29) is 4.87 Å². The SMILES string of the molecule is CCc1nn(CC)c(Cn2c(C)c(C)sc2=O)c1Br. The van der Waals surface area contributed by atoms with Crippen LogP contribution in [0.15, 0.2) is 9.27 Å². The molecule has 0 saturated heterocycles. The fourth-order valence-corrected chi connectivity index (χ4v) is 3.61. The molecule has 0 aliphatic rings. The van der Waals surface area contributed by atoms with Gasteiger partial charge in [0.05, 0.1) is 22.4 Å². The van der Waals surface area contributed by atoms with Crippen molar-refractivity contribution in [3.05, 3.63) is 36.1 Å². The molecule has 0 amide bonds. The molecule has 0 bridgehead atoms. The minimum atomic E-state index is 0.101. The summed E-state index contributed by atoms with van der Waals surface area (Å²) < 4.78 is 4.84. The van der Waals surface area contributed by atoms with E-state index in [4.69, 9.17) is 0 Å². The Labute approximate surface area is 125 Å². The van der Waals surface area contributed by atoms with Gasteiger partial charge in [0.25, 0.3) is 0 Å². The van der Waals surface area contributed by atoms with E-state index in [2.05, 4.69) is 34.9 Å². The Morgan fingerprint density at radius 2 is 2.00 bits per heavy atom. The van der Waals surface area contributed by atoms with E-state index in [1.807, 2.05) is 23.1 Å². The van der Waals surface area contributed by atoms with E-state index in [1.54, 1.807) is 0 Å². The number of hydrogen-bond acceptors (Lipinski definition) is 3. The first-order valence-electron chi connectivity index (χ1n) is 6.40. The maximum atomic E-state index is 12.0. The summed E-state index contributed by atoms with van der Waals surface area (Å²) >= 11 is 4.93. The van der Waals surface area contributed by atoms with Gasteiger partial charge in [0.15, 0.2) is 0 Å². The molecule has 19 heavy (non-hydrogen) atoms. The summed E-state index contributed by atoms with van der Waals surface area (Å²) in [5, 5.41) is 4.57. The molecule has 0 saturated carbocycles. The summed E-state index contributed by atoms with van der Waals surface area (Å²) in [6.07, 6.45) is 0.886. The van der Waals surface area contributed by atoms with Gasteiger partial charge in [-0.15, -0.1) is 0 Å². The molecule has 0 aliphatic carbocycles. The highest BCUT2D eigenvalue weighted by atomic mass is 79.9. The van der Waals surface area contributed by atoms with Gasteiger partial charge in [0.1, 0.15) is 0 Å². The molecule has 4 nitrogen and oxygen atoms in total. The van der Waals surface area contributed by atoms with Gasteiger partial charge in [-0.3, -0.25) is 14.0 Å². The van der Waals surface area contributed by atoms with E-state index in [0.29, 0.717) is 6.54 Å². The lowest BCUT2D eigenvalue weighted by molar-refractivity contribution is 0.587. The summed E-state index contributed by atoms with van der Waals surface area (Å²) in [4.78, 5) is 13.2. The number of halogens is 1. The third-order valence-electron chi connectivity index (χ3n) is 3.38. The van der Waals surface area contributed by atoms with E-state index in [0.717, 1.165) is 39.4 Å². The van der Waals surface area contributed by atoms with Crippen LogP contribution in [-0.2, 0) is 19.5 Å². The van der Waals surface area contributed by atoms with Gasteiger partial charge in [-0.1, -0.05) is 18.3 Å². The molecular weight excluding hydrogens is 326 g/mol. The second kappa shape index (κ2) is 5.63. The molecule has 2 heterocycles. The molecule has 0 spiro atoms. The second-order valence-corrected chi connectivity index (χ2v) is 6.43. The molecule has 2 aromatic heterocycles. The fraction of sp³-hybridized carbons (Fsp3) is 0.538. The van der Waals surface area contributed by atoms with Gasteiger partial charge in [-0.2, -0.15) is 5.10 Å². The molecule has 6 heteroatoms. The number of thiazole rings is 1. The molecule has 0 unspecified atom stereocenters. The van der Waals surface area contributed by atoms with Crippen molar-refractivity contribution >= 4 is 27.3 Å². The maximum Gasteiger partial charge on any atom is 0.307 e. The predicted molar refractivity (Wildman–Crippen MR) is 82.1 cm³/mol. The smallest absolute Gasteiger partial charge is 0.297 e. The van der Waals surface area contributed by atoms with Crippen LogP contribution >= 0.6 is 27.3 Å². The number of aryl methyl sites for hydroxylation is 3. The molecule has 2 rings (SSSR count). The Hall–Kier alpha value is -0.880. The van der Waals surface area contributed by atoms with Gasteiger partial charge in [-0.05, 0) is 43.1 Å². The summed E-state index contributed by atoms with van der Waals surface area (Å²) in [5.41, 5.74) is 3.17. The van der Waals surface area contributed by atoms with Gasteiger partial charge < -0.3 is 0 Å². The first-order chi connectivity index (χ1) is 8.99. The van der Waals surface area contributed by atoms with Crippen molar-refractivity contribution in [2.45, 2.75) is 47.2 Å². The molecule has 0 atom stereocenters. The van der Waals surface area contributed by atoms with Gasteiger partial charge >= 0.3 is 4.87 Å². The normalized spacial score (nSPS) is 11.2. The lowest BCUT2D eigenvalue weighted by atomic mass is 10.3. The van der Waals surface area contributed by atoms with Gasteiger partial charge in [0, 0.05) is 17.1 Å². The van der Waals surface area contributed by atoms with E-state index >= 15 is 0 Å². The van der Waals surface area contributed by atoms with Gasteiger partial charge in [-0.25, -0.2) is 0 Å². The van der Waals surface area contributed by atoms with Crippen molar-refractivity contribution in [1.29, 1.82) is 0 Å². The van der Waals surface area contributed by atoms with Crippen molar-refractivity contribution < 1.29 is 0 Å². The first kappa shape index (κ1) is 14.5. The molecular formula is C13H18BrN3OS. The van der Waals surface area contributed by atoms with Crippen LogP contribution in [0.2, 0.25) is 0 Å². The highest BCUT2D eigenvalue weighted by Crippen LogP contribution is 2.24. The summed E-state index contributed by atoms with van der Waals surface area (Å²) in [6.45, 7) is 9.53. The van der Waals surface area contributed by atoms with Crippen LogP contribution in [0.25, 0.3) is 0 Å². The number of hydrogen-bond donors (Lipinski definition) is 0. The molecule has 2 aromatic rings. The first-order valence-corrected chi connectivity index (χ1v) is 8.01. The van der Waals surface area contributed by atoms with Crippen molar-refractivity contribution in [3.8, 4) is 0 Å². The van der Waals surface area contributed by atoms with E-state index in [9.17, 15) is 4.79 Å². The van der Waals surface area contributed by atoms with Crippen LogP contribution < -0.4 is 4.87 Å². The summed E-state index contributed by atoms with van der Waals surface area (Å²) in [7, 11) is 0. The predicted octanol–water partition coefficient (Wildman–Crippen LogP) is 3.12. The monoisotopic (exact) mass is 343 g/mol.